The van der Waals surface area contributed by atoms with E-state index in [0.29, 0.717) is 5.41 Å². The fourth-order valence-corrected chi connectivity index (χ4v) is 3.64. The first-order valence-electron chi connectivity index (χ1n) is 7.45. The second-order valence-corrected chi connectivity index (χ2v) is 7.03. The Kier molecular flexibility index (Phi) is 5.51. The van der Waals surface area contributed by atoms with E-state index in [-0.39, 0.29) is 59.3 Å². The smallest absolute Gasteiger partial charge is 0.102 e. The van der Waals surface area contributed by atoms with Crippen molar-refractivity contribution in [1.82, 2.24) is 10.3 Å². The van der Waals surface area contributed by atoms with Gasteiger partial charge in [0.15, 0.2) is 0 Å². The summed E-state index contributed by atoms with van der Waals surface area (Å²) in [5.74, 6) is 0.835. The van der Waals surface area contributed by atoms with E-state index in [9.17, 15) is 0 Å². The zero-order chi connectivity index (χ0) is 14.7. The molecule has 1 aliphatic carbocycles. The molecule has 1 aliphatic heterocycles. The summed E-state index contributed by atoms with van der Waals surface area (Å²) in [6.07, 6.45) is 7.06. The number of rotatable bonds is 0. The Morgan fingerprint density at radius 3 is 2.65 bits per heavy atom. The van der Waals surface area contributed by atoms with Gasteiger partial charge in [-0.15, -0.1) is 5.56 Å². The molecule has 4 rings (SSSR count). The molecule has 1 aromatic carbocycles. The summed E-state index contributed by atoms with van der Waals surface area (Å²) in [5.41, 5.74) is 3.99. The third-order valence-corrected chi connectivity index (χ3v) is 4.98. The Labute approximate surface area is 176 Å². The van der Waals surface area contributed by atoms with Crippen LogP contribution in [0, 0.1) is 17.9 Å². The van der Waals surface area contributed by atoms with Crippen LogP contribution in [0.15, 0.2) is 22.9 Å². The average molecular weight is 554 g/mol. The van der Waals surface area contributed by atoms with Gasteiger partial charge < -0.3 is 20.0 Å². The molecule has 2 aromatic rings. The summed E-state index contributed by atoms with van der Waals surface area (Å²) in [5, 5.41) is 6.85. The van der Waals surface area contributed by atoms with Gasteiger partial charge in [-0.3, -0.25) is 0 Å². The molecule has 119 valence electrons. The van der Waals surface area contributed by atoms with Crippen LogP contribution < -0.4 is 10.6 Å². The molecule has 6 heteroatoms. The number of nitrogens with one attached hydrogen (secondary N) is 2. The zero-order valence-corrected chi connectivity index (χ0v) is 19.2. The van der Waals surface area contributed by atoms with Crippen molar-refractivity contribution in [1.29, 1.82) is 0 Å². The van der Waals surface area contributed by atoms with Crippen LogP contribution in [-0.4, -0.2) is 4.98 Å². The molecule has 1 radical (unpaired) electrons. The maximum absolute atomic E-state index is 5.57. The van der Waals surface area contributed by atoms with E-state index in [0.717, 1.165) is 41.0 Å². The van der Waals surface area contributed by atoms with E-state index in [1.807, 2.05) is 6.07 Å². The minimum Gasteiger partial charge on any atom is -0.586 e. The predicted molar refractivity (Wildman–Crippen MR) is 81.5 cm³/mol. The van der Waals surface area contributed by atoms with Gasteiger partial charge in [-0.25, -0.2) is 0 Å². The van der Waals surface area contributed by atoms with Crippen LogP contribution in [0.1, 0.15) is 45.1 Å². The fraction of sp³-hybridized carbons (Fsp3) is 0.471. The molecule has 1 aromatic heterocycles. The Balaban J connectivity index is 0.000000960. The number of hydrogen-bond donors (Lipinski definition) is 2. The number of nitrogens with zero attached hydrogens (tertiary/aromatic N) is 1. The monoisotopic (exact) mass is 554 g/mol. The number of anilines is 1. The van der Waals surface area contributed by atoms with Gasteiger partial charge in [0.1, 0.15) is 6.39 Å². The van der Waals surface area contributed by atoms with Gasteiger partial charge >= 0.3 is 0 Å². The molecule has 0 bridgehead atoms. The Morgan fingerprint density at radius 2 is 1.96 bits per heavy atom. The largest absolute Gasteiger partial charge is 0.586 e. The van der Waals surface area contributed by atoms with Crippen LogP contribution in [0.3, 0.4) is 0 Å². The van der Waals surface area contributed by atoms with Crippen molar-refractivity contribution >= 4 is 16.8 Å². The van der Waals surface area contributed by atoms with Gasteiger partial charge in [-0.1, -0.05) is 37.2 Å². The quantitative estimate of drug-likeness (QED) is 0.489. The molecule has 2 N–H and O–H groups in total. The molecule has 23 heavy (non-hydrogen) atoms. The minimum absolute atomic E-state index is 0. The maximum atomic E-state index is 5.57. The van der Waals surface area contributed by atoms with Crippen molar-refractivity contribution in [2.45, 2.75) is 45.1 Å². The van der Waals surface area contributed by atoms with Crippen LogP contribution in [0.25, 0.3) is 11.1 Å². The Bertz CT molecular complexity index is 731. The van der Waals surface area contributed by atoms with Crippen molar-refractivity contribution in [3.63, 3.8) is 0 Å². The Hall–Kier alpha value is -0.178. The van der Waals surface area contributed by atoms with Gasteiger partial charge in [0.2, 0.25) is 0 Å². The zero-order valence-electron chi connectivity index (χ0n) is 13.5. The molecule has 0 unspecified atom stereocenters. The van der Waals surface area contributed by atoms with E-state index in [1.165, 1.54) is 12.8 Å². The summed E-state index contributed by atoms with van der Waals surface area (Å²) in [6.45, 7) is 8.75. The second kappa shape index (κ2) is 6.61. The number of hydrogen-bond acceptors (Lipinski definition) is 4. The van der Waals surface area contributed by atoms with Crippen LogP contribution in [0.2, 0.25) is 0 Å². The number of oxazole rings is 1. The SMILES string of the molecule is C=C1Nc2[c-]cc3n[c-]oc3c2C2(CCC(C)(C)CC2)N1.[W].[Y]. The van der Waals surface area contributed by atoms with Crippen LogP contribution in [-0.2, 0) is 59.3 Å². The van der Waals surface area contributed by atoms with E-state index in [1.54, 1.807) is 0 Å². The summed E-state index contributed by atoms with van der Waals surface area (Å²) in [4.78, 5) is 4.15. The topological polar surface area (TPSA) is 50.1 Å². The normalized spacial score (nSPS) is 20.7. The van der Waals surface area contributed by atoms with Crippen molar-refractivity contribution in [3.8, 4) is 0 Å². The summed E-state index contributed by atoms with van der Waals surface area (Å²) >= 11 is 0. The summed E-state index contributed by atoms with van der Waals surface area (Å²) < 4.78 is 5.57. The molecule has 1 spiro atoms. The third kappa shape index (κ3) is 3.19. The van der Waals surface area contributed by atoms with E-state index in [2.05, 4.69) is 48.5 Å². The van der Waals surface area contributed by atoms with Gasteiger partial charge in [-0.05, 0) is 31.1 Å². The first kappa shape index (κ1) is 19.2. The molecular formula is C17H19N3OWY-2. The van der Waals surface area contributed by atoms with Crippen molar-refractivity contribution in [2.24, 2.45) is 5.41 Å². The summed E-state index contributed by atoms with van der Waals surface area (Å²) in [6, 6.07) is 5.13. The molecule has 1 fully saturated rings. The molecule has 4 nitrogen and oxygen atoms in total. The number of fused-ring (bicyclic) bond motifs is 4. The van der Waals surface area contributed by atoms with E-state index < -0.39 is 0 Å². The van der Waals surface area contributed by atoms with E-state index >= 15 is 0 Å². The number of aromatic nitrogens is 1. The first-order valence-corrected chi connectivity index (χ1v) is 7.45. The van der Waals surface area contributed by atoms with Crippen LogP contribution >= 0.6 is 0 Å². The standard InChI is InChI=1S/C17H19N3O.W.Y/c1-11-19-12-4-5-13-15(21-10-18-13)14(12)17(20-11)8-6-16(2,3)7-9-17;;/h5,19-20H,1,6-9H2,2-3H3;;/q-2;;. The van der Waals surface area contributed by atoms with Gasteiger partial charge in [0, 0.05) is 59.3 Å². The molecule has 1 saturated carbocycles. The molecule has 2 heterocycles. The molecule has 0 atom stereocenters. The summed E-state index contributed by atoms with van der Waals surface area (Å²) in [7, 11) is 0. The first-order chi connectivity index (χ1) is 9.99. The predicted octanol–water partition coefficient (Wildman–Crippen LogP) is 3.70. The van der Waals surface area contributed by atoms with Crippen molar-refractivity contribution in [2.75, 3.05) is 5.32 Å². The maximum Gasteiger partial charge on any atom is 0.102 e. The van der Waals surface area contributed by atoms with Crippen LogP contribution in [0.5, 0.6) is 0 Å². The van der Waals surface area contributed by atoms with E-state index in [4.69, 9.17) is 4.42 Å². The van der Waals surface area contributed by atoms with Gasteiger partial charge in [0.05, 0.1) is 5.82 Å². The van der Waals surface area contributed by atoms with Gasteiger partial charge in [-0.2, -0.15) is 12.1 Å². The average Bonchev–Trinajstić information content (AvgIpc) is 2.90. The van der Waals surface area contributed by atoms with Crippen LogP contribution in [0.4, 0.5) is 5.69 Å². The minimum atomic E-state index is -0.128. The second-order valence-electron chi connectivity index (χ2n) is 7.03. The third-order valence-electron chi connectivity index (χ3n) is 4.98. The molecule has 0 saturated heterocycles. The van der Waals surface area contributed by atoms with Crippen molar-refractivity contribution < 1.29 is 58.2 Å². The molecule has 2 aliphatic rings. The van der Waals surface area contributed by atoms with Crippen molar-refractivity contribution in [3.05, 3.63) is 36.5 Å². The molecular weight excluding hydrogens is 535 g/mol. The Morgan fingerprint density at radius 1 is 1.26 bits per heavy atom. The number of benzene rings is 1. The fourth-order valence-electron chi connectivity index (χ4n) is 3.64. The molecule has 0 amide bonds. The van der Waals surface area contributed by atoms with Gasteiger partial charge in [0.25, 0.3) is 0 Å².